The van der Waals surface area contributed by atoms with Crippen molar-refractivity contribution in [2.24, 2.45) is 0 Å². The molecular formula is C27H40F2Si. The van der Waals surface area contributed by atoms with Crippen molar-refractivity contribution in [2.75, 3.05) is 0 Å². The SMILES string of the molecule is Cc1cc(C)c([Si](F)(F)c2c(C(C)(C)C)cc(C(C)(C)C)cc2C(C)(C)C)c(C)c1. The lowest BCUT2D eigenvalue weighted by Crippen LogP contribution is -2.58. The largest absolute Gasteiger partial charge is 0.488 e. The Morgan fingerprint density at radius 1 is 0.567 bits per heavy atom. The van der Waals surface area contributed by atoms with Gasteiger partial charge in [-0.25, -0.2) is 0 Å². The Labute approximate surface area is 184 Å². The number of rotatable bonds is 2. The van der Waals surface area contributed by atoms with Crippen molar-refractivity contribution in [3.63, 3.8) is 0 Å². The minimum Gasteiger partial charge on any atom is -0.259 e. The molecule has 2 aromatic rings. The van der Waals surface area contributed by atoms with Crippen LogP contribution < -0.4 is 10.4 Å². The monoisotopic (exact) mass is 430 g/mol. The highest BCUT2D eigenvalue weighted by Crippen LogP contribution is 2.36. The molecule has 0 amide bonds. The van der Waals surface area contributed by atoms with E-state index in [1.807, 2.05) is 32.9 Å². The second-order valence-corrected chi connectivity index (χ2v) is 14.2. The number of halogens is 2. The highest BCUT2D eigenvalue weighted by Gasteiger charge is 2.49. The van der Waals surface area contributed by atoms with E-state index in [9.17, 15) is 0 Å². The Morgan fingerprint density at radius 3 is 1.23 bits per heavy atom. The van der Waals surface area contributed by atoms with Crippen molar-refractivity contribution in [2.45, 2.75) is 99.3 Å². The van der Waals surface area contributed by atoms with E-state index in [0.29, 0.717) is 16.3 Å². The fourth-order valence-electron chi connectivity index (χ4n) is 4.40. The van der Waals surface area contributed by atoms with Crippen LogP contribution in [0.4, 0.5) is 8.22 Å². The van der Waals surface area contributed by atoms with E-state index in [1.54, 1.807) is 0 Å². The van der Waals surface area contributed by atoms with Crippen LogP contribution in [-0.4, -0.2) is 8.74 Å². The minimum absolute atomic E-state index is 0.106. The number of aryl methyl sites for hydroxylation is 3. The predicted octanol–water partition coefficient (Wildman–Crippen LogP) is 7.00. The zero-order valence-electron chi connectivity index (χ0n) is 21.1. The molecule has 2 rings (SSSR count). The van der Waals surface area contributed by atoms with Gasteiger partial charge in [0.15, 0.2) is 0 Å². The van der Waals surface area contributed by atoms with Crippen molar-refractivity contribution in [1.82, 2.24) is 0 Å². The summed E-state index contributed by atoms with van der Waals surface area (Å²) >= 11 is 0. The van der Waals surface area contributed by atoms with Crippen LogP contribution in [-0.2, 0) is 16.2 Å². The first-order valence-corrected chi connectivity index (χ1v) is 12.7. The van der Waals surface area contributed by atoms with Crippen molar-refractivity contribution >= 4 is 19.1 Å². The van der Waals surface area contributed by atoms with Crippen LogP contribution in [0.1, 0.15) is 95.7 Å². The second-order valence-electron chi connectivity index (χ2n) is 12.0. The van der Waals surface area contributed by atoms with Gasteiger partial charge in [-0.15, -0.1) is 0 Å². The Balaban J connectivity index is 3.07. The molecule has 0 bridgehead atoms. The van der Waals surface area contributed by atoms with Crippen molar-refractivity contribution in [3.8, 4) is 0 Å². The maximum atomic E-state index is 16.7. The van der Waals surface area contributed by atoms with Gasteiger partial charge in [-0.05, 0) is 64.8 Å². The molecule has 0 nitrogen and oxygen atoms in total. The first-order valence-electron chi connectivity index (χ1n) is 10.9. The van der Waals surface area contributed by atoms with E-state index in [2.05, 4.69) is 74.4 Å². The molecule has 0 aliphatic rings. The lowest BCUT2D eigenvalue weighted by molar-refractivity contribution is 0.547. The topological polar surface area (TPSA) is 0 Å². The Morgan fingerprint density at radius 2 is 0.933 bits per heavy atom. The van der Waals surface area contributed by atoms with Crippen molar-refractivity contribution in [3.05, 3.63) is 57.6 Å². The van der Waals surface area contributed by atoms with Crippen molar-refractivity contribution in [1.29, 1.82) is 0 Å². The molecule has 0 heterocycles. The minimum atomic E-state index is -4.96. The Kier molecular flexibility index (Phi) is 6.26. The van der Waals surface area contributed by atoms with Crippen LogP contribution in [0.3, 0.4) is 0 Å². The lowest BCUT2D eigenvalue weighted by Gasteiger charge is -2.36. The summed E-state index contributed by atoms with van der Waals surface area (Å²) in [7, 11) is -4.96. The lowest BCUT2D eigenvalue weighted by atomic mass is 9.75. The summed E-state index contributed by atoms with van der Waals surface area (Å²) in [6.07, 6.45) is 0. The van der Waals surface area contributed by atoms with Crippen LogP contribution in [0.15, 0.2) is 24.3 Å². The second kappa shape index (κ2) is 7.58. The molecule has 0 aliphatic carbocycles. The van der Waals surface area contributed by atoms with Gasteiger partial charge in [0.05, 0.1) is 0 Å². The van der Waals surface area contributed by atoms with Gasteiger partial charge in [-0.1, -0.05) is 92.1 Å². The van der Waals surface area contributed by atoms with E-state index in [-0.39, 0.29) is 21.4 Å². The summed E-state index contributed by atoms with van der Waals surface area (Å²) in [5, 5.41) is 0.609. The van der Waals surface area contributed by atoms with Crippen LogP contribution >= 0.6 is 0 Å². The fraction of sp³-hybridized carbons (Fsp3) is 0.556. The average molecular weight is 431 g/mol. The molecule has 0 saturated carbocycles. The maximum Gasteiger partial charge on any atom is 0.488 e. The summed E-state index contributed by atoms with van der Waals surface area (Å²) in [5.41, 5.74) is 4.33. The molecule has 0 atom stereocenters. The number of benzene rings is 2. The molecule has 0 aromatic heterocycles. The van der Waals surface area contributed by atoms with E-state index in [0.717, 1.165) is 22.3 Å². The molecule has 3 heteroatoms. The molecule has 2 aromatic carbocycles. The highest BCUT2D eigenvalue weighted by molar-refractivity contribution is 6.92. The van der Waals surface area contributed by atoms with Gasteiger partial charge in [-0.3, -0.25) is 8.22 Å². The molecule has 0 spiro atoms. The van der Waals surface area contributed by atoms with Crippen LogP contribution in [0.5, 0.6) is 0 Å². The van der Waals surface area contributed by atoms with Gasteiger partial charge in [0.2, 0.25) is 0 Å². The van der Waals surface area contributed by atoms with E-state index in [4.69, 9.17) is 0 Å². The van der Waals surface area contributed by atoms with Gasteiger partial charge < -0.3 is 0 Å². The Hall–Kier alpha value is -1.48. The molecule has 30 heavy (non-hydrogen) atoms. The van der Waals surface area contributed by atoms with Gasteiger partial charge in [-0.2, -0.15) is 0 Å². The van der Waals surface area contributed by atoms with Gasteiger partial charge in [0, 0.05) is 10.4 Å². The normalized spacial score (nSPS) is 13.7. The summed E-state index contributed by atoms with van der Waals surface area (Å²) in [6, 6.07) is 7.93. The zero-order valence-corrected chi connectivity index (χ0v) is 22.1. The van der Waals surface area contributed by atoms with Gasteiger partial charge in [0.25, 0.3) is 0 Å². The van der Waals surface area contributed by atoms with Crippen LogP contribution in [0.2, 0.25) is 0 Å². The third kappa shape index (κ3) is 4.71. The Bertz CT molecular complexity index is 890. The highest BCUT2D eigenvalue weighted by atomic mass is 28.4. The third-order valence-corrected chi connectivity index (χ3v) is 8.51. The average Bonchev–Trinajstić information content (AvgIpc) is 2.49. The van der Waals surface area contributed by atoms with Gasteiger partial charge in [0.1, 0.15) is 0 Å². The summed E-state index contributed by atoms with van der Waals surface area (Å²) in [6.45, 7) is 24.5. The molecule has 0 fully saturated rings. The quantitative estimate of drug-likeness (QED) is 0.355. The first-order chi connectivity index (χ1) is 13.3. The summed E-state index contributed by atoms with van der Waals surface area (Å²) < 4.78 is 33.4. The summed E-state index contributed by atoms with van der Waals surface area (Å²) in [4.78, 5) is 0. The number of hydrogen-bond donors (Lipinski definition) is 0. The molecule has 0 saturated heterocycles. The predicted molar refractivity (Wildman–Crippen MR) is 130 cm³/mol. The molecule has 0 unspecified atom stereocenters. The zero-order chi connectivity index (χ0) is 23.4. The van der Waals surface area contributed by atoms with Crippen LogP contribution in [0, 0.1) is 20.8 Å². The maximum absolute atomic E-state index is 16.7. The van der Waals surface area contributed by atoms with E-state index in [1.165, 1.54) is 0 Å². The third-order valence-electron chi connectivity index (χ3n) is 5.93. The standard InChI is InChI=1S/C27H40F2Si/c1-17-13-18(2)23(19(3)14-17)30(28,29)24-21(26(7,8)9)15-20(25(4,5)6)16-22(24)27(10,11)12/h13-16H,1-12H3. The van der Waals surface area contributed by atoms with Crippen molar-refractivity contribution < 1.29 is 8.22 Å². The molecular weight excluding hydrogens is 390 g/mol. The molecule has 166 valence electrons. The van der Waals surface area contributed by atoms with E-state index >= 15 is 8.22 Å². The van der Waals surface area contributed by atoms with E-state index < -0.39 is 8.74 Å². The van der Waals surface area contributed by atoms with Crippen LogP contribution in [0.25, 0.3) is 0 Å². The molecule has 0 N–H and O–H groups in total. The van der Waals surface area contributed by atoms with Gasteiger partial charge >= 0.3 is 8.74 Å². The first kappa shape index (κ1) is 24.8. The molecule has 0 aliphatic heterocycles. The number of hydrogen-bond acceptors (Lipinski definition) is 0. The molecule has 0 radical (unpaired) electrons. The smallest absolute Gasteiger partial charge is 0.259 e. The fourth-order valence-corrected chi connectivity index (χ4v) is 7.35. The summed E-state index contributed by atoms with van der Waals surface area (Å²) in [5.74, 6) is 0.